The van der Waals surface area contributed by atoms with Crippen LogP contribution in [0.4, 0.5) is 22.0 Å². The highest BCUT2D eigenvalue weighted by atomic mass is 19.3. The molecule has 0 aromatic heterocycles. The quantitative estimate of drug-likeness (QED) is 0.743. The normalized spacial score (nSPS) is 10.9. The van der Waals surface area contributed by atoms with E-state index in [1.165, 1.54) is 19.2 Å². The van der Waals surface area contributed by atoms with Gasteiger partial charge in [-0.15, -0.1) is 0 Å². The molecule has 2 rings (SSSR count). The van der Waals surface area contributed by atoms with Crippen LogP contribution in [-0.2, 0) is 0 Å². The van der Waals surface area contributed by atoms with Gasteiger partial charge in [-0.05, 0) is 35.9 Å². The highest BCUT2D eigenvalue weighted by molar-refractivity contribution is 5.67. The summed E-state index contributed by atoms with van der Waals surface area (Å²) in [5, 5.41) is 0. The van der Waals surface area contributed by atoms with Crippen LogP contribution in [-0.4, -0.2) is 7.11 Å². The minimum Gasteiger partial charge on any atom is -0.497 e. The summed E-state index contributed by atoms with van der Waals surface area (Å²) in [6.07, 6.45) is -3.20. The molecule has 1 nitrogen and oxygen atoms in total. The van der Waals surface area contributed by atoms with Gasteiger partial charge in [0.15, 0.2) is 11.6 Å². The summed E-state index contributed by atoms with van der Waals surface area (Å²) in [4.78, 5) is 0. The maximum atomic E-state index is 13.7. The van der Waals surface area contributed by atoms with Crippen molar-refractivity contribution in [1.29, 1.82) is 0 Å². The molecule has 0 N–H and O–H groups in total. The number of hydrogen-bond donors (Lipinski definition) is 0. The molecule has 2 aromatic carbocycles. The molecule has 0 amide bonds. The summed E-state index contributed by atoms with van der Waals surface area (Å²) in [6.45, 7) is 0. The molecule has 0 unspecified atom stereocenters. The fourth-order valence-electron chi connectivity index (χ4n) is 1.78. The molecule has 0 saturated heterocycles. The number of rotatable bonds is 3. The van der Waals surface area contributed by atoms with E-state index in [9.17, 15) is 22.0 Å². The summed E-state index contributed by atoms with van der Waals surface area (Å²) in [5.41, 5.74) is -1.44. The smallest absolute Gasteiger partial charge is 0.266 e. The van der Waals surface area contributed by atoms with E-state index in [1.807, 2.05) is 0 Å². The van der Waals surface area contributed by atoms with Gasteiger partial charge >= 0.3 is 0 Å². The molecule has 0 aliphatic carbocycles. The van der Waals surface area contributed by atoms with Gasteiger partial charge in [-0.25, -0.2) is 22.0 Å². The molecule has 0 aliphatic heterocycles. The summed E-state index contributed by atoms with van der Waals surface area (Å²) in [5.74, 6) is -3.58. The van der Waals surface area contributed by atoms with Crippen LogP contribution < -0.4 is 4.74 Å². The molecule has 0 saturated carbocycles. The first-order valence-corrected chi connectivity index (χ1v) is 5.55. The zero-order chi connectivity index (χ0) is 14.9. The van der Waals surface area contributed by atoms with Crippen molar-refractivity contribution in [2.75, 3.05) is 7.11 Å². The molecule has 2 aromatic rings. The van der Waals surface area contributed by atoms with E-state index in [4.69, 9.17) is 4.74 Å². The molecule has 20 heavy (non-hydrogen) atoms. The average Bonchev–Trinajstić information content (AvgIpc) is 2.42. The van der Waals surface area contributed by atoms with Gasteiger partial charge < -0.3 is 4.74 Å². The molecule has 0 atom stereocenters. The third-order valence-electron chi connectivity index (χ3n) is 2.78. The second-order valence-corrected chi connectivity index (χ2v) is 4.01. The maximum absolute atomic E-state index is 13.7. The Hall–Kier alpha value is -2.11. The van der Waals surface area contributed by atoms with Crippen LogP contribution in [0.1, 0.15) is 12.0 Å². The van der Waals surface area contributed by atoms with E-state index >= 15 is 0 Å². The molecule has 0 aliphatic rings. The number of ether oxygens (including phenoxy) is 1. The van der Waals surface area contributed by atoms with Crippen LogP contribution in [0.5, 0.6) is 5.75 Å². The Morgan fingerprint density at radius 3 is 2.25 bits per heavy atom. The largest absolute Gasteiger partial charge is 0.497 e. The first kappa shape index (κ1) is 14.3. The summed E-state index contributed by atoms with van der Waals surface area (Å²) in [7, 11) is 1.34. The van der Waals surface area contributed by atoms with Gasteiger partial charge in [0.05, 0.1) is 12.7 Å². The fourth-order valence-corrected chi connectivity index (χ4v) is 1.78. The van der Waals surface area contributed by atoms with E-state index in [0.29, 0.717) is 6.07 Å². The summed E-state index contributed by atoms with van der Waals surface area (Å²) in [6, 6.07) is 4.99. The van der Waals surface area contributed by atoms with Crippen LogP contribution in [0.3, 0.4) is 0 Å². The predicted molar refractivity (Wildman–Crippen MR) is 63.3 cm³/mol. The van der Waals surface area contributed by atoms with Gasteiger partial charge in [0.1, 0.15) is 11.6 Å². The van der Waals surface area contributed by atoms with E-state index in [-0.39, 0.29) is 16.9 Å². The van der Waals surface area contributed by atoms with Crippen LogP contribution in [0.25, 0.3) is 11.1 Å². The number of benzene rings is 2. The minimum absolute atomic E-state index is 0.148. The lowest BCUT2D eigenvalue weighted by atomic mass is 10.0. The second-order valence-electron chi connectivity index (χ2n) is 4.01. The Bertz CT molecular complexity index is 640. The molecule has 0 heterocycles. The van der Waals surface area contributed by atoms with Crippen molar-refractivity contribution in [3.05, 3.63) is 53.3 Å². The van der Waals surface area contributed by atoms with Gasteiger partial charge in [-0.2, -0.15) is 0 Å². The standard InChI is InChI=1S/C14H9F5O/c1-20-8-2-3-11(15)9(6-8)7-4-10(14(18)19)13(17)12(16)5-7/h2-6,14H,1H3. The minimum atomic E-state index is -3.20. The summed E-state index contributed by atoms with van der Waals surface area (Å²) < 4.78 is 70.4. The summed E-state index contributed by atoms with van der Waals surface area (Å²) >= 11 is 0. The van der Waals surface area contributed by atoms with E-state index in [0.717, 1.165) is 12.1 Å². The number of alkyl halides is 2. The van der Waals surface area contributed by atoms with Gasteiger partial charge in [0.2, 0.25) is 0 Å². The maximum Gasteiger partial charge on any atom is 0.266 e. The number of methoxy groups -OCH3 is 1. The number of hydrogen-bond acceptors (Lipinski definition) is 1. The first-order chi connectivity index (χ1) is 9.43. The Labute approximate surface area is 111 Å². The van der Waals surface area contributed by atoms with Crippen LogP contribution in [0, 0.1) is 17.5 Å². The van der Waals surface area contributed by atoms with Crippen molar-refractivity contribution in [1.82, 2.24) is 0 Å². The average molecular weight is 288 g/mol. The van der Waals surface area contributed by atoms with Crippen LogP contribution in [0.15, 0.2) is 30.3 Å². The SMILES string of the molecule is COc1ccc(F)c(-c2cc(F)c(F)c(C(F)F)c2)c1. The zero-order valence-corrected chi connectivity index (χ0v) is 10.3. The lowest BCUT2D eigenvalue weighted by molar-refractivity contribution is 0.145. The van der Waals surface area contributed by atoms with Crippen molar-refractivity contribution in [2.45, 2.75) is 6.43 Å². The Kier molecular flexibility index (Phi) is 3.92. The highest BCUT2D eigenvalue weighted by Crippen LogP contribution is 2.32. The van der Waals surface area contributed by atoms with Gasteiger partial charge in [0.25, 0.3) is 6.43 Å². The Morgan fingerprint density at radius 2 is 1.65 bits per heavy atom. The zero-order valence-electron chi connectivity index (χ0n) is 10.3. The van der Waals surface area contributed by atoms with Crippen molar-refractivity contribution in [2.24, 2.45) is 0 Å². The monoisotopic (exact) mass is 288 g/mol. The van der Waals surface area contributed by atoms with Crippen LogP contribution >= 0.6 is 0 Å². The Balaban J connectivity index is 2.64. The van der Waals surface area contributed by atoms with E-state index < -0.39 is 29.4 Å². The molecular weight excluding hydrogens is 279 g/mol. The molecular formula is C14H9F5O. The first-order valence-electron chi connectivity index (χ1n) is 5.55. The van der Waals surface area contributed by atoms with Crippen molar-refractivity contribution in [3.63, 3.8) is 0 Å². The van der Waals surface area contributed by atoms with E-state index in [2.05, 4.69) is 0 Å². The predicted octanol–water partition coefficient (Wildman–Crippen LogP) is 4.72. The molecule has 0 radical (unpaired) electrons. The van der Waals surface area contributed by atoms with E-state index in [1.54, 1.807) is 0 Å². The second kappa shape index (κ2) is 5.48. The van der Waals surface area contributed by atoms with Crippen molar-refractivity contribution >= 4 is 0 Å². The van der Waals surface area contributed by atoms with Crippen LogP contribution in [0.2, 0.25) is 0 Å². The molecule has 0 fully saturated rings. The molecule has 106 valence electrons. The molecule has 0 bridgehead atoms. The van der Waals surface area contributed by atoms with Gasteiger partial charge in [-0.3, -0.25) is 0 Å². The van der Waals surface area contributed by atoms with Crippen molar-refractivity contribution < 1.29 is 26.7 Å². The molecule has 0 spiro atoms. The topological polar surface area (TPSA) is 9.23 Å². The lowest BCUT2D eigenvalue weighted by Crippen LogP contribution is -1.97. The Morgan fingerprint density at radius 1 is 0.950 bits per heavy atom. The fraction of sp³-hybridized carbons (Fsp3) is 0.143. The third kappa shape index (κ3) is 2.59. The molecule has 6 heteroatoms. The van der Waals surface area contributed by atoms with Gasteiger partial charge in [-0.1, -0.05) is 0 Å². The lowest BCUT2D eigenvalue weighted by Gasteiger charge is -2.10. The van der Waals surface area contributed by atoms with Gasteiger partial charge in [0, 0.05) is 5.56 Å². The number of halogens is 5. The highest BCUT2D eigenvalue weighted by Gasteiger charge is 2.20. The van der Waals surface area contributed by atoms with Crippen molar-refractivity contribution in [3.8, 4) is 16.9 Å². The third-order valence-corrected chi connectivity index (χ3v) is 2.78.